The summed E-state index contributed by atoms with van der Waals surface area (Å²) in [5, 5.41) is 11.8. The zero-order chi connectivity index (χ0) is 25.0. The summed E-state index contributed by atoms with van der Waals surface area (Å²) >= 11 is 0. The highest BCUT2D eigenvalue weighted by molar-refractivity contribution is 5.93. The van der Waals surface area contributed by atoms with Gasteiger partial charge in [0.05, 0.1) is 18.0 Å². The van der Waals surface area contributed by atoms with Crippen molar-refractivity contribution in [3.8, 4) is 17.5 Å². The number of fused-ring (bicyclic) bond motifs is 2. The summed E-state index contributed by atoms with van der Waals surface area (Å²) in [6, 6.07) is 2.79. The Morgan fingerprint density at radius 3 is 2.69 bits per heavy atom. The van der Waals surface area contributed by atoms with Crippen molar-refractivity contribution in [2.45, 2.75) is 25.9 Å². The molecule has 1 amide bonds. The number of amides is 1. The Hall–Kier alpha value is -4.60. The number of anilines is 2. The molecule has 4 aromatic heterocycles. The second kappa shape index (κ2) is 8.26. The fourth-order valence-corrected chi connectivity index (χ4v) is 4.79. The lowest BCUT2D eigenvalue weighted by atomic mass is 10.3. The number of imidazole rings is 1. The van der Waals surface area contributed by atoms with E-state index in [4.69, 9.17) is 5.26 Å². The molecular weight excluding hydrogens is 462 g/mol. The van der Waals surface area contributed by atoms with Crippen LogP contribution in [0.2, 0.25) is 0 Å². The van der Waals surface area contributed by atoms with Gasteiger partial charge in [0, 0.05) is 38.7 Å². The fourth-order valence-electron chi connectivity index (χ4n) is 4.79. The van der Waals surface area contributed by atoms with Gasteiger partial charge in [0.2, 0.25) is 11.9 Å². The molecule has 5 heterocycles. The first-order chi connectivity index (χ1) is 17.4. The maximum atomic E-state index is 13.0. The first-order valence-electron chi connectivity index (χ1n) is 11.6. The van der Waals surface area contributed by atoms with Gasteiger partial charge in [-0.05, 0) is 31.2 Å². The Morgan fingerprint density at radius 2 is 1.97 bits per heavy atom. The van der Waals surface area contributed by atoms with Gasteiger partial charge >= 0.3 is 0 Å². The summed E-state index contributed by atoms with van der Waals surface area (Å²) < 4.78 is 4.28. The lowest BCUT2D eigenvalue weighted by molar-refractivity contribution is -0.118. The van der Waals surface area contributed by atoms with Crippen molar-refractivity contribution in [3.63, 3.8) is 0 Å². The molecule has 1 saturated heterocycles. The third-order valence-electron chi connectivity index (χ3n) is 6.96. The molecule has 1 N–H and O–H groups in total. The van der Waals surface area contributed by atoms with Crippen LogP contribution in [0, 0.1) is 23.2 Å². The van der Waals surface area contributed by atoms with Crippen molar-refractivity contribution in [3.05, 3.63) is 41.3 Å². The van der Waals surface area contributed by atoms with E-state index in [1.54, 1.807) is 38.6 Å². The van der Waals surface area contributed by atoms with Crippen molar-refractivity contribution in [1.29, 1.82) is 5.26 Å². The minimum absolute atomic E-state index is 0.111. The molecule has 3 unspecified atom stereocenters. The van der Waals surface area contributed by atoms with E-state index >= 15 is 0 Å². The van der Waals surface area contributed by atoms with Crippen LogP contribution in [0.1, 0.15) is 19.4 Å². The van der Waals surface area contributed by atoms with Gasteiger partial charge in [-0.1, -0.05) is 0 Å². The van der Waals surface area contributed by atoms with E-state index in [1.807, 2.05) is 6.07 Å². The molecule has 0 bridgehead atoms. The standard InChI is InChI=1S/C23H23N11O2/c1-13(33-12-28-20-18(33)22(36)34(6-4-24)31(20)2)21(35)30-17-3-5-25-19(29-17)16-8-26-23(27-9-16)32-10-14-7-15(14)11-32/h3,5,8-9,12-15H,6-7,10-11H2,1-2H3,(H,25,29,30,35). The molecule has 1 aliphatic heterocycles. The van der Waals surface area contributed by atoms with Crippen LogP contribution in [0.3, 0.4) is 0 Å². The summed E-state index contributed by atoms with van der Waals surface area (Å²) in [5.41, 5.74) is 0.913. The predicted molar refractivity (Wildman–Crippen MR) is 129 cm³/mol. The second-order valence-corrected chi connectivity index (χ2v) is 9.23. The number of piperidine rings is 1. The molecule has 13 heteroatoms. The average Bonchev–Trinajstić information content (AvgIpc) is 3.21. The molecule has 1 aliphatic carbocycles. The van der Waals surface area contributed by atoms with E-state index in [2.05, 4.69) is 35.1 Å². The molecule has 2 fully saturated rings. The number of nitrogens with zero attached hydrogens (tertiary/aromatic N) is 10. The van der Waals surface area contributed by atoms with Crippen LogP contribution in [0.25, 0.3) is 22.6 Å². The summed E-state index contributed by atoms with van der Waals surface area (Å²) in [5.74, 6) is 2.62. The zero-order valence-corrected chi connectivity index (χ0v) is 19.7. The topological polar surface area (TPSA) is 152 Å². The molecule has 1 saturated carbocycles. The number of carbonyl (C=O) groups excluding carboxylic acids is 1. The Labute approximate surface area is 205 Å². The molecule has 36 heavy (non-hydrogen) atoms. The third-order valence-corrected chi connectivity index (χ3v) is 6.96. The average molecular weight is 486 g/mol. The normalized spacial score (nSPS) is 19.2. The van der Waals surface area contributed by atoms with E-state index in [1.165, 1.54) is 26.7 Å². The summed E-state index contributed by atoms with van der Waals surface area (Å²) in [4.78, 5) is 50.0. The van der Waals surface area contributed by atoms with Crippen molar-refractivity contribution in [2.75, 3.05) is 23.3 Å². The van der Waals surface area contributed by atoms with Crippen LogP contribution < -0.4 is 15.8 Å². The van der Waals surface area contributed by atoms with Gasteiger partial charge in [0.15, 0.2) is 17.0 Å². The minimum atomic E-state index is -0.756. The van der Waals surface area contributed by atoms with Crippen molar-refractivity contribution in [2.24, 2.45) is 18.9 Å². The summed E-state index contributed by atoms with van der Waals surface area (Å²) in [6.45, 7) is 3.57. The first-order valence-corrected chi connectivity index (χ1v) is 11.6. The van der Waals surface area contributed by atoms with Gasteiger partial charge in [-0.25, -0.2) is 29.6 Å². The number of carbonyl (C=O) groups is 1. The minimum Gasteiger partial charge on any atom is -0.340 e. The molecule has 0 spiro atoms. The highest BCUT2D eigenvalue weighted by atomic mass is 16.2. The molecule has 0 radical (unpaired) electrons. The number of aryl methyl sites for hydroxylation is 1. The number of hydrogen-bond acceptors (Lipinski definition) is 9. The van der Waals surface area contributed by atoms with Crippen LogP contribution in [0.5, 0.6) is 0 Å². The van der Waals surface area contributed by atoms with Gasteiger partial charge in [-0.2, -0.15) is 5.26 Å². The Balaban J connectivity index is 1.20. The van der Waals surface area contributed by atoms with Crippen molar-refractivity contribution < 1.29 is 4.79 Å². The maximum Gasteiger partial charge on any atom is 0.294 e. The lowest BCUT2D eigenvalue weighted by Crippen LogP contribution is -2.27. The molecule has 13 nitrogen and oxygen atoms in total. The van der Waals surface area contributed by atoms with Crippen LogP contribution >= 0.6 is 0 Å². The lowest BCUT2D eigenvalue weighted by Gasteiger charge is -2.17. The van der Waals surface area contributed by atoms with Crippen LogP contribution in [-0.4, -0.2) is 57.8 Å². The molecule has 3 atom stereocenters. The Bertz CT molecular complexity index is 1570. The van der Waals surface area contributed by atoms with Crippen LogP contribution in [0.4, 0.5) is 11.8 Å². The summed E-state index contributed by atoms with van der Waals surface area (Å²) in [7, 11) is 1.65. The maximum absolute atomic E-state index is 13.0. The molecule has 2 aliphatic rings. The first kappa shape index (κ1) is 21.9. The SMILES string of the molecule is CC(C(=O)Nc1ccnc(-c2cnc(N3CC4CC4C3)nc2)n1)n1cnc2c1c(=O)n(CC#N)n2C. The quantitative estimate of drug-likeness (QED) is 0.421. The predicted octanol–water partition coefficient (Wildman–Crippen LogP) is 0.963. The van der Waals surface area contributed by atoms with Crippen molar-refractivity contribution in [1.82, 2.24) is 38.9 Å². The number of hydrogen-bond donors (Lipinski definition) is 1. The van der Waals surface area contributed by atoms with E-state index in [9.17, 15) is 9.59 Å². The number of nitrogens with one attached hydrogen (secondary N) is 1. The highest BCUT2D eigenvalue weighted by Crippen LogP contribution is 2.45. The Kier molecular flexibility index (Phi) is 5.03. The molecular formula is C23H23N11O2. The van der Waals surface area contributed by atoms with Gasteiger partial charge in [-0.3, -0.25) is 14.3 Å². The van der Waals surface area contributed by atoms with Crippen molar-refractivity contribution >= 4 is 28.8 Å². The fraction of sp³-hybridized carbons (Fsp3) is 0.391. The molecule has 182 valence electrons. The number of nitriles is 1. The third kappa shape index (κ3) is 3.58. The van der Waals surface area contributed by atoms with E-state index in [0.29, 0.717) is 28.8 Å². The molecule has 4 aromatic rings. The Morgan fingerprint density at radius 1 is 1.22 bits per heavy atom. The molecule has 6 rings (SSSR count). The largest absolute Gasteiger partial charge is 0.340 e. The summed E-state index contributed by atoms with van der Waals surface area (Å²) in [6.07, 6.45) is 7.70. The van der Waals surface area contributed by atoms with E-state index in [-0.39, 0.29) is 23.5 Å². The van der Waals surface area contributed by atoms with Gasteiger partial charge < -0.3 is 14.8 Å². The zero-order valence-electron chi connectivity index (χ0n) is 19.7. The monoisotopic (exact) mass is 485 g/mol. The van der Waals surface area contributed by atoms with Crippen LogP contribution in [0.15, 0.2) is 35.8 Å². The van der Waals surface area contributed by atoms with Gasteiger partial charge in [0.1, 0.15) is 18.4 Å². The van der Waals surface area contributed by atoms with E-state index < -0.39 is 6.04 Å². The highest BCUT2D eigenvalue weighted by Gasteiger charge is 2.45. The number of rotatable bonds is 6. The van der Waals surface area contributed by atoms with Crippen LogP contribution in [-0.2, 0) is 18.4 Å². The van der Waals surface area contributed by atoms with E-state index in [0.717, 1.165) is 24.9 Å². The molecule has 0 aromatic carbocycles. The smallest absolute Gasteiger partial charge is 0.294 e. The number of aromatic nitrogens is 8. The second-order valence-electron chi connectivity index (χ2n) is 9.23. The van der Waals surface area contributed by atoms with Gasteiger partial charge in [-0.15, -0.1) is 0 Å². The van der Waals surface area contributed by atoms with Gasteiger partial charge in [0.25, 0.3) is 5.56 Å².